The van der Waals surface area contributed by atoms with E-state index in [0.717, 1.165) is 13.0 Å². The molecule has 2 N–H and O–H groups in total. The number of unbranched alkanes of at least 4 members (excludes halogenated alkanes) is 5. The zero-order valence-corrected chi connectivity index (χ0v) is 11.1. The highest BCUT2D eigenvalue weighted by Crippen LogP contribution is 2.04. The molecule has 1 unspecified atom stereocenters. The molecule has 0 saturated heterocycles. The highest BCUT2D eigenvalue weighted by Gasteiger charge is 2.02. The topological polar surface area (TPSA) is 41.5 Å². The van der Waals surface area contributed by atoms with E-state index < -0.39 is 6.10 Å². The molecular formula is C14H27NO2. The summed E-state index contributed by atoms with van der Waals surface area (Å²) in [5.41, 5.74) is 0. The zero-order chi connectivity index (χ0) is 12.8. The van der Waals surface area contributed by atoms with Crippen molar-refractivity contribution in [1.29, 1.82) is 0 Å². The molecule has 3 nitrogen and oxygen atoms in total. The van der Waals surface area contributed by atoms with Crippen molar-refractivity contribution in [3.8, 4) is 12.3 Å². The number of terminal acetylenes is 1. The van der Waals surface area contributed by atoms with Crippen LogP contribution in [0.5, 0.6) is 0 Å². The summed E-state index contributed by atoms with van der Waals surface area (Å²) in [4.78, 5) is 0. The van der Waals surface area contributed by atoms with Gasteiger partial charge in [0.2, 0.25) is 0 Å². The van der Waals surface area contributed by atoms with Crippen LogP contribution in [-0.4, -0.2) is 37.5 Å². The van der Waals surface area contributed by atoms with Crippen molar-refractivity contribution >= 4 is 0 Å². The quantitative estimate of drug-likeness (QED) is 0.405. The smallest absolute Gasteiger partial charge is 0.0897 e. The first-order valence-electron chi connectivity index (χ1n) is 6.71. The maximum absolute atomic E-state index is 9.49. The first-order chi connectivity index (χ1) is 8.31. The van der Waals surface area contributed by atoms with Crippen LogP contribution in [0, 0.1) is 12.3 Å². The summed E-state index contributed by atoms with van der Waals surface area (Å²) in [6.07, 6.45) is 12.2. The number of aliphatic hydroxyl groups is 1. The summed E-state index contributed by atoms with van der Waals surface area (Å²) in [6.45, 7) is 4.36. The average Bonchev–Trinajstić information content (AvgIpc) is 2.33. The van der Waals surface area contributed by atoms with Crippen molar-refractivity contribution in [3.63, 3.8) is 0 Å². The van der Waals surface area contributed by atoms with E-state index in [-0.39, 0.29) is 0 Å². The van der Waals surface area contributed by atoms with E-state index in [0.29, 0.717) is 19.7 Å². The van der Waals surface area contributed by atoms with Crippen molar-refractivity contribution in [3.05, 3.63) is 0 Å². The van der Waals surface area contributed by atoms with Gasteiger partial charge in [-0.1, -0.05) is 44.9 Å². The van der Waals surface area contributed by atoms with E-state index in [4.69, 9.17) is 11.2 Å². The highest BCUT2D eigenvalue weighted by atomic mass is 16.5. The number of aliphatic hydroxyl groups excluding tert-OH is 1. The summed E-state index contributed by atoms with van der Waals surface area (Å²) < 4.78 is 5.39. The van der Waals surface area contributed by atoms with E-state index in [2.05, 4.69) is 18.2 Å². The first-order valence-corrected chi connectivity index (χ1v) is 6.71. The Kier molecular flexibility index (Phi) is 13.1. The molecule has 0 aliphatic rings. The average molecular weight is 241 g/mol. The minimum Gasteiger partial charge on any atom is -0.389 e. The second-order valence-corrected chi connectivity index (χ2v) is 4.33. The molecule has 0 aliphatic carbocycles. The van der Waals surface area contributed by atoms with Gasteiger partial charge in [0.1, 0.15) is 0 Å². The molecule has 0 rings (SSSR count). The fourth-order valence-corrected chi connectivity index (χ4v) is 1.57. The van der Waals surface area contributed by atoms with Gasteiger partial charge in [0.25, 0.3) is 0 Å². The predicted octanol–water partition coefficient (Wildman–Crippen LogP) is 1.95. The Balaban J connectivity index is 3.08. The Morgan fingerprint density at radius 3 is 2.65 bits per heavy atom. The molecule has 0 amide bonds. The van der Waals surface area contributed by atoms with Gasteiger partial charge in [0.05, 0.1) is 19.3 Å². The molecule has 0 saturated carbocycles. The minimum absolute atomic E-state index is 0.395. The van der Waals surface area contributed by atoms with Crippen LogP contribution in [0.2, 0.25) is 0 Å². The highest BCUT2D eigenvalue weighted by molar-refractivity contribution is 4.86. The molecule has 1 atom stereocenters. The molecule has 100 valence electrons. The van der Waals surface area contributed by atoms with Gasteiger partial charge in [-0.2, -0.15) is 0 Å². The molecule has 0 aromatic carbocycles. The van der Waals surface area contributed by atoms with Gasteiger partial charge in [-0.05, 0) is 6.42 Å². The van der Waals surface area contributed by atoms with Crippen LogP contribution < -0.4 is 5.32 Å². The number of rotatable bonds is 12. The summed E-state index contributed by atoms with van der Waals surface area (Å²) in [7, 11) is 0. The molecular weight excluding hydrogens is 214 g/mol. The Morgan fingerprint density at radius 1 is 1.24 bits per heavy atom. The lowest BCUT2D eigenvalue weighted by atomic mass is 10.1. The van der Waals surface area contributed by atoms with Gasteiger partial charge in [-0.15, -0.1) is 6.42 Å². The normalized spacial score (nSPS) is 12.3. The largest absolute Gasteiger partial charge is 0.389 e. The molecule has 17 heavy (non-hydrogen) atoms. The molecule has 0 fully saturated rings. The minimum atomic E-state index is -0.455. The second-order valence-electron chi connectivity index (χ2n) is 4.33. The van der Waals surface area contributed by atoms with Crippen LogP contribution in [0.4, 0.5) is 0 Å². The van der Waals surface area contributed by atoms with Crippen LogP contribution in [0.1, 0.15) is 45.4 Å². The van der Waals surface area contributed by atoms with E-state index in [1.807, 2.05) is 0 Å². The van der Waals surface area contributed by atoms with Crippen molar-refractivity contribution in [2.45, 2.75) is 51.6 Å². The summed E-state index contributed by atoms with van der Waals surface area (Å²) in [5.74, 6) is 2.46. The molecule has 0 radical (unpaired) electrons. The SMILES string of the molecule is C#CCNCC(O)COCCCCCCCC. The summed E-state index contributed by atoms with van der Waals surface area (Å²) >= 11 is 0. The molecule has 0 aromatic heterocycles. The fourth-order valence-electron chi connectivity index (χ4n) is 1.57. The third-order valence-electron chi connectivity index (χ3n) is 2.56. The number of hydrogen-bond acceptors (Lipinski definition) is 3. The van der Waals surface area contributed by atoms with Crippen LogP contribution in [-0.2, 0) is 4.74 Å². The van der Waals surface area contributed by atoms with Crippen molar-refractivity contribution in [2.75, 3.05) is 26.3 Å². The molecule has 0 aliphatic heterocycles. The molecule has 0 spiro atoms. The van der Waals surface area contributed by atoms with Crippen LogP contribution in [0.3, 0.4) is 0 Å². The maximum atomic E-state index is 9.49. The third-order valence-corrected chi connectivity index (χ3v) is 2.56. The van der Waals surface area contributed by atoms with E-state index in [9.17, 15) is 5.11 Å². The van der Waals surface area contributed by atoms with Crippen molar-refractivity contribution in [1.82, 2.24) is 5.32 Å². The van der Waals surface area contributed by atoms with Gasteiger partial charge in [-0.3, -0.25) is 0 Å². The number of ether oxygens (including phenoxy) is 1. The monoisotopic (exact) mass is 241 g/mol. The predicted molar refractivity (Wildman–Crippen MR) is 71.9 cm³/mol. The van der Waals surface area contributed by atoms with E-state index in [1.165, 1.54) is 32.1 Å². The fraction of sp³-hybridized carbons (Fsp3) is 0.857. The number of nitrogens with one attached hydrogen (secondary N) is 1. The third kappa shape index (κ3) is 13.4. The van der Waals surface area contributed by atoms with Gasteiger partial charge < -0.3 is 15.2 Å². The molecule has 3 heteroatoms. The molecule has 0 aromatic rings. The second kappa shape index (κ2) is 13.5. The Labute approximate surface area is 106 Å². The first kappa shape index (κ1) is 16.4. The Hall–Kier alpha value is -0.560. The van der Waals surface area contributed by atoms with Gasteiger partial charge in [0.15, 0.2) is 0 Å². The summed E-state index contributed by atoms with van der Waals surface area (Å²) in [5, 5.41) is 12.4. The lowest BCUT2D eigenvalue weighted by Gasteiger charge is -2.11. The van der Waals surface area contributed by atoms with Crippen molar-refractivity contribution in [2.24, 2.45) is 0 Å². The van der Waals surface area contributed by atoms with Crippen LogP contribution in [0.15, 0.2) is 0 Å². The van der Waals surface area contributed by atoms with Gasteiger partial charge in [-0.25, -0.2) is 0 Å². The van der Waals surface area contributed by atoms with E-state index in [1.54, 1.807) is 0 Å². The summed E-state index contributed by atoms with van der Waals surface area (Å²) in [6, 6.07) is 0. The van der Waals surface area contributed by atoms with Crippen molar-refractivity contribution < 1.29 is 9.84 Å². The standard InChI is InChI=1S/C14H27NO2/c1-3-5-6-7-8-9-11-17-13-14(16)12-15-10-4-2/h2,14-16H,3,5-13H2,1H3. The Morgan fingerprint density at radius 2 is 1.94 bits per heavy atom. The maximum Gasteiger partial charge on any atom is 0.0897 e. The molecule has 0 bridgehead atoms. The number of hydrogen-bond donors (Lipinski definition) is 2. The van der Waals surface area contributed by atoms with E-state index >= 15 is 0 Å². The van der Waals surface area contributed by atoms with Crippen LogP contribution in [0.25, 0.3) is 0 Å². The van der Waals surface area contributed by atoms with Gasteiger partial charge in [0, 0.05) is 13.2 Å². The van der Waals surface area contributed by atoms with Crippen LogP contribution >= 0.6 is 0 Å². The zero-order valence-electron chi connectivity index (χ0n) is 11.1. The lowest BCUT2D eigenvalue weighted by Crippen LogP contribution is -2.30. The lowest BCUT2D eigenvalue weighted by molar-refractivity contribution is 0.0360. The molecule has 0 heterocycles. The Bertz CT molecular complexity index is 189. The van der Waals surface area contributed by atoms with Gasteiger partial charge >= 0.3 is 0 Å².